The largest absolute Gasteiger partial charge is 0.369 e. The van der Waals surface area contributed by atoms with Crippen molar-refractivity contribution in [3.63, 3.8) is 0 Å². The molecule has 1 aromatic heterocycles. The van der Waals surface area contributed by atoms with Gasteiger partial charge in [0, 0.05) is 36.8 Å². The van der Waals surface area contributed by atoms with E-state index in [1.165, 1.54) is 4.90 Å². The van der Waals surface area contributed by atoms with E-state index in [1.54, 1.807) is 7.05 Å². The van der Waals surface area contributed by atoms with Crippen LogP contribution in [0.5, 0.6) is 0 Å². The summed E-state index contributed by atoms with van der Waals surface area (Å²) in [5, 5.41) is 10.1. The van der Waals surface area contributed by atoms with Crippen LogP contribution < -0.4 is 5.73 Å². The summed E-state index contributed by atoms with van der Waals surface area (Å²) in [5.74, 6) is 0.190. The molecule has 6 heteroatoms. The quantitative estimate of drug-likeness (QED) is 0.751. The van der Waals surface area contributed by atoms with E-state index in [9.17, 15) is 4.79 Å². The van der Waals surface area contributed by atoms with Crippen LogP contribution in [-0.2, 0) is 17.4 Å². The normalized spacial score (nSPS) is 19.6. The van der Waals surface area contributed by atoms with Crippen LogP contribution in [0.3, 0.4) is 0 Å². The maximum atomic E-state index is 12.3. The molecule has 0 unspecified atom stereocenters. The van der Waals surface area contributed by atoms with Crippen LogP contribution in [0.1, 0.15) is 24.5 Å². The van der Waals surface area contributed by atoms with E-state index in [0.29, 0.717) is 5.56 Å². The molecule has 140 valence electrons. The van der Waals surface area contributed by atoms with Crippen LogP contribution in [0.25, 0.3) is 22.0 Å². The Bertz CT molecular complexity index is 1170. The molecule has 0 fully saturated rings. The number of rotatable bonds is 2. The zero-order valence-electron chi connectivity index (χ0n) is 16.1. The van der Waals surface area contributed by atoms with E-state index in [2.05, 4.69) is 34.0 Å². The zero-order chi connectivity index (χ0) is 20.1. The number of aryl methyl sites for hydroxylation is 1. The third-order valence-corrected chi connectivity index (χ3v) is 5.51. The number of guanidine groups is 1. The van der Waals surface area contributed by atoms with Crippen LogP contribution in [-0.4, -0.2) is 28.4 Å². The Balaban J connectivity index is 1.87. The summed E-state index contributed by atoms with van der Waals surface area (Å²) >= 11 is 0. The van der Waals surface area contributed by atoms with Gasteiger partial charge in [0.1, 0.15) is 0 Å². The van der Waals surface area contributed by atoms with Gasteiger partial charge in [-0.3, -0.25) is 9.69 Å². The molecule has 2 N–H and O–H groups in total. The van der Waals surface area contributed by atoms with Gasteiger partial charge in [0.25, 0.3) is 0 Å². The molecule has 2 aromatic carbocycles. The molecule has 1 aliphatic rings. The van der Waals surface area contributed by atoms with Crippen LogP contribution in [0.4, 0.5) is 0 Å². The number of hydrogen-bond acceptors (Lipinski definition) is 4. The number of carbonyl (C=O) groups excluding carboxylic acids is 1. The number of nitrogens with two attached hydrogens (primary N) is 1. The first-order valence-electron chi connectivity index (χ1n) is 9.04. The average molecular weight is 371 g/mol. The van der Waals surface area contributed by atoms with Crippen molar-refractivity contribution in [2.24, 2.45) is 17.8 Å². The molecule has 28 heavy (non-hydrogen) atoms. The smallest absolute Gasteiger partial charge is 0.231 e. The van der Waals surface area contributed by atoms with E-state index >= 15 is 0 Å². The van der Waals surface area contributed by atoms with Gasteiger partial charge < -0.3 is 10.3 Å². The first-order valence-corrected chi connectivity index (χ1v) is 9.04. The minimum absolute atomic E-state index is 0.0459. The van der Waals surface area contributed by atoms with Crippen molar-refractivity contribution >= 4 is 22.8 Å². The fourth-order valence-electron chi connectivity index (χ4n) is 3.76. The summed E-state index contributed by atoms with van der Waals surface area (Å²) in [7, 11) is 3.65. The molecule has 0 radical (unpaired) electrons. The topological polar surface area (TPSA) is 87.4 Å². The van der Waals surface area contributed by atoms with Gasteiger partial charge in [-0.15, -0.1) is 0 Å². The molecule has 0 saturated heterocycles. The van der Waals surface area contributed by atoms with Gasteiger partial charge in [-0.25, -0.2) is 4.99 Å². The molecule has 2 heterocycles. The summed E-state index contributed by atoms with van der Waals surface area (Å²) in [5.41, 5.74) is 10.1. The highest BCUT2D eigenvalue weighted by atomic mass is 16.2. The van der Waals surface area contributed by atoms with E-state index in [-0.39, 0.29) is 18.3 Å². The van der Waals surface area contributed by atoms with Crippen LogP contribution in [0, 0.1) is 11.3 Å². The van der Waals surface area contributed by atoms with E-state index in [1.807, 2.05) is 44.3 Å². The van der Waals surface area contributed by atoms with Crippen LogP contribution in [0.2, 0.25) is 0 Å². The number of nitriles is 1. The molecule has 1 aliphatic heterocycles. The average Bonchev–Trinajstić information content (AvgIpc) is 3.02. The summed E-state index contributed by atoms with van der Waals surface area (Å²) < 4.78 is 2.08. The lowest BCUT2D eigenvalue weighted by Gasteiger charge is -2.33. The highest BCUT2D eigenvalue weighted by Gasteiger charge is 2.36. The number of hydrogen-bond donors (Lipinski definition) is 1. The lowest BCUT2D eigenvalue weighted by molar-refractivity contribution is -0.128. The molecule has 0 spiro atoms. The van der Waals surface area contributed by atoms with Crippen molar-refractivity contribution in [3.8, 4) is 17.2 Å². The van der Waals surface area contributed by atoms with Crippen molar-refractivity contribution in [1.29, 1.82) is 5.26 Å². The molecular formula is C22H21N5O. The van der Waals surface area contributed by atoms with Gasteiger partial charge in [0.05, 0.1) is 23.6 Å². The van der Waals surface area contributed by atoms with Crippen LogP contribution in [0.15, 0.2) is 53.7 Å². The molecule has 3 aromatic rings. The second-order valence-electron chi connectivity index (χ2n) is 7.45. The fraction of sp³-hybridized carbons (Fsp3) is 0.227. The molecule has 6 nitrogen and oxygen atoms in total. The van der Waals surface area contributed by atoms with Gasteiger partial charge in [-0.1, -0.05) is 18.2 Å². The molecule has 1 atom stereocenters. The number of benzene rings is 2. The highest BCUT2D eigenvalue weighted by molar-refractivity contribution is 6.00. The fourth-order valence-corrected chi connectivity index (χ4v) is 3.76. The lowest BCUT2D eigenvalue weighted by Crippen LogP contribution is -2.47. The maximum absolute atomic E-state index is 12.3. The minimum Gasteiger partial charge on any atom is -0.369 e. The molecule has 0 aliphatic carbocycles. The maximum Gasteiger partial charge on any atom is 0.231 e. The number of amides is 1. The van der Waals surface area contributed by atoms with Gasteiger partial charge in [0.2, 0.25) is 5.91 Å². The number of nitrogens with zero attached hydrogens (tertiary/aromatic N) is 4. The molecule has 0 saturated carbocycles. The third-order valence-electron chi connectivity index (χ3n) is 5.51. The van der Waals surface area contributed by atoms with Gasteiger partial charge in [-0.05, 0) is 42.3 Å². The Kier molecular flexibility index (Phi) is 3.97. The lowest BCUT2D eigenvalue weighted by atomic mass is 9.86. The predicted octanol–water partition coefficient (Wildman–Crippen LogP) is 3.11. The Hall–Kier alpha value is -3.59. The molecular weight excluding hydrogens is 350 g/mol. The van der Waals surface area contributed by atoms with Gasteiger partial charge in [-0.2, -0.15) is 5.26 Å². The van der Waals surface area contributed by atoms with E-state index in [0.717, 1.165) is 27.6 Å². The zero-order valence-corrected chi connectivity index (χ0v) is 16.1. The predicted molar refractivity (Wildman–Crippen MR) is 109 cm³/mol. The SMILES string of the molecule is CN1C(=O)C[C@@](C)(c2ccc3c(c2)c(-c2ccc(C#N)cc2)cn3C)N=C1N. The number of carbonyl (C=O) groups is 1. The summed E-state index contributed by atoms with van der Waals surface area (Å²) in [4.78, 5) is 18.3. The minimum atomic E-state index is -0.695. The van der Waals surface area contributed by atoms with Crippen molar-refractivity contribution in [3.05, 3.63) is 59.8 Å². The summed E-state index contributed by atoms with van der Waals surface area (Å²) in [6.45, 7) is 1.94. The monoisotopic (exact) mass is 371 g/mol. The summed E-state index contributed by atoms with van der Waals surface area (Å²) in [6, 6.07) is 15.9. The molecule has 1 amide bonds. The van der Waals surface area contributed by atoms with E-state index < -0.39 is 5.54 Å². The standard InChI is InChI=1S/C22H21N5O/c1-22(11-20(28)27(3)21(24)25-22)16-8-9-19-17(10-16)18(13-26(19)2)15-6-4-14(12-23)5-7-15/h4-10,13H,11H2,1-3H3,(H2,24,25)/t22-/m0/s1. The molecule has 0 bridgehead atoms. The number of fused-ring (bicyclic) bond motifs is 1. The van der Waals surface area contributed by atoms with Crippen molar-refractivity contribution in [1.82, 2.24) is 9.47 Å². The number of aromatic nitrogens is 1. The summed E-state index contributed by atoms with van der Waals surface area (Å²) in [6.07, 6.45) is 2.35. The Labute approximate surface area is 163 Å². The Morgan fingerprint density at radius 3 is 2.54 bits per heavy atom. The van der Waals surface area contributed by atoms with Crippen molar-refractivity contribution in [2.75, 3.05) is 7.05 Å². The van der Waals surface area contributed by atoms with Crippen molar-refractivity contribution in [2.45, 2.75) is 18.9 Å². The second-order valence-corrected chi connectivity index (χ2v) is 7.45. The Morgan fingerprint density at radius 2 is 1.89 bits per heavy atom. The first kappa shape index (κ1) is 17.8. The highest BCUT2D eigenvalue weighted by Crippen LogP contribution is 2.37. The van der Waals surface area contributed by atoms with Crippen molar-refractivity contribution < 1.29 is 4.79 Å². The van der Waals surface area contributed by atoms with Gasteiger partial charge in [0.15, 0.2) is 5.96 Å². The Morgan fingerprint density at radius 1 is 1.18 bits per heavy atom. The molecule has 4 rings (SSSR count). The first-order chi connectivity index (χ1) is 13.3. The van der Waals surface area contributed by atoms with E-state index in [4.69, 9.17) is 11.0 Å². The second kappa shape index (κ2) is 6.24. The number of aliphatic imine (C=N–C) groups is 1. The van der Waals surface area contributed by atoms with Gasteiger partial charge >= 0.3 is 0 Å². The van der Waals surface area contributed by atoms with Crippen LogP contribution >= 0.6 is 0 Å². The third kappa shape index (κ3) is 2.72.